The number of amides is 2. The lowest BCUT2D eigenvalue weighted by Crippen LogP contribution is -2.36. The Kier molecular flexibility index (Phi) is 5.44. The molecule has 0 atom stereocenters. The summed E-state index contributed by atoms with van der Waals surface area (Å²) in [5, 5.41) is 2.85. The van der Waals surface area contributed by atoms with Gasteiger partial charge in [-0.15, -0.1) is 0 Å². The molecule has 0 radical (unpaired) electrons. The van der Waals surface area contributed by atoms with Gasteiger partial charge in [-0.1, -0.05) is 26.0 Å². The standard InChI is InChI=1S/C23H25N3O4/c1-15(2)11-12-25-18-9-8-17(13-16(18)7-10-22(25)28)24-21(27)14-26-19-5-3-4-6-20(19)30-23(26)29/h3-6,8-9,13,15H,7,10-12,14H2,1-2H3,(H,24,27). The van der Waals surface area contributed by atoms with E-state index in [2.05, 4.69) is 19.2 Å². The van der Waals surface area contributed by atoms with Crippen molar-refractivity contribution in [2.24, 2.45) is 5.92 Å². The van der Waals surface area contributed by atoms with Crippen LogP contribution in [0.5, 0.6) is 0 Å². The SMILES string of the molecule is CC(C)CCN1C(=O)CCc2cc(NC(=O)Cn3c(=O)oc4ccccc43)ccc21. The highest BCUT2D eigenvalue weighted by Crippen LogP contribution is 2.31. The Morgan fingerprint density at radius 2 is 1.93 bits per heavy atom. The fourth-order valence-electron chi connectivity index (χ4n) is 3.78. The first-order valence-electron chi connectivity index (χ1n) is 10.2. The molecule has 1 aliphatic rings. The van der Waals surface area contributed by atoms with Gasteiger partial charge in [-0.25, -0.2) is 4.79 Å². The number of aryl methyl sites for hydroxylation is 1. The van der Waals surface area contributed by atoms with E-state index >= 15 is 0 Å². The molecule has 7 heteroatoms. The molecule has 0 aliphatic carbocycles. The number of fused-ring (bicyclic) bond motifs is 2. The average Bonchev–Trinajstić information content (AvgIpc) is 3.02. The van der Waals surface area contributed by atoms with E-state index < -0.39 is 5.76 Å². The van der Waals surface area contributed by atoms with Crippen LogP contribution in [0, 0.1) is 5.92 Å². The summed E-state index contributed by atoms with van der Waals surface area (Å²) in [4.78, 5) is 38.8. The number of oxazole rings is 1. The van der Waals surface area contributed by atoms with Gasteiger partial charge in [-0.2, -0.15) is 0 Å². The highest BCUT2D eigenvalue weighted by Gasteiger charge is 2.24. The number of anilines is 2. The number of nitrogens with zero attached hydrogens (tertiary/aromatic N) is 2. The van der Waals surface area contributed by atoms with E-state index in [1.807, 2.05) is 17.0 Å². The Morgan fingerprint density at radius 3 is 2.73 bits per heavy atom. The van der Waals surface area contributed by atoms with Gasteiger partial charge in [0, 0.05) is 24.3 Å². The number of benzene rings is 2. The molecule has 2 aromatic carbocycles. The summed E-state index contributed by atoms with van der Waals surface area (Å²) in [7, 11) is 0. The third-order valence-electron chi connectivity index (χ3n) is 5.37. The molecule has 7 nitrogen and oxygen atoms in total. The van der Waals surface area contributed by atoms with Crippen LogP contribution in [0.25, 0.3) is 11.1 Å². The van der Waals surface area contributed by atoms with Gasteiger partial charge in [-0.3, -0.25) is 14.2 Å². The van der Waals surface area contributed by atoms with E-state index in [-0.39, 0.29) is 18.4 Å². The summed E-state index contributed by atoms with van der Waals surface area (Å²) >= 11 is 0. The minimum atomic E-state index is -0.559. The van der Waals surface area contributed by atoms with Crippen LogP contribution < -0.4 is 16.0 Å². The van der Waals surface area contributed by atoms with E-state index in [9.17, 15) is 14.4 Å². The summed E-state index contributed by atoms with van der Waals surface area (Å²) in [5.74, 6) is -0.210. The normalized spacial score (nSPS) is 13.7. The molecule has 0 saturated heterocycles. The van der Waals surface area contributed by atoms with Gasteiger partial charge in [0.15, 0.2) is 5.58 Å². The van der Waals surface area contributed by atoms with Crippen LogP contribution in [0.2, 0.25) is 0 Å². The van der Waals surface area contributed by atoms with Crippen molar-refractivity contribution < 1.29 is 14.0 Å². The third kappa shape index (κ3) is 4.01. The van der Waals surface area contributed by atoms with Gasteiger partial charge in [0.25, 0.3) is 0 Å². The summed E-state index contributed by atoms with van der Waals surface area (Å²) < 4.78 is 6.49. The molecule has 2 amide bonds. The van der Waals surface area contributed by atoms with Gasteiger partial charge in [0.2, 0.25) is 11.8 Å². The molecule has 156 valence electrons. The molecule has 1 aromatic heterocycles. The lowest BCUT2D eigenvalue weighted by molar-refractivity contribution is -0.119. The molecule has 0 spiro atoms. The van der Waals surface area contributed by atoms with Crippen LogP contribution in [0.3, 0.4) is 0 Å². The Bertz CT molecular complexity index is 1160. The average molecular weight is 407 g/mol. The molecular weight excluding hydrogens is 382 g/mol. The molecule has 0 unspecified atom stereocenters. The molecule has 0 saturated carbocycles. The maximum atomic E-state index is 12.6. The number of aromatic nitrogens is 1. The molecule has 0 fully saturated rings. The fourth-order valence-corrected chi connectivity index (χ4v) is 3.78. The Balaban J connectivity index is 1.50. The second-order valence-electron chi connectivity index (χ2n) is 8.04. The van der Waals surface area contributed by atoms with Crippen LogP contribution in [-0.4, -0.2) is 22.9 Å². The van der Waals surface area contributed by atoms with Crippen molar-refractivity contribution in [1.29, 1.82) is 0 Å². The zero-order chi connectivity index (χ0) is 21.3. The first-order valence-corrected chi connectivity index (χ1v) is 10.2. The van der Waals surface area contributed by atoms with Gasteiger partial charge in [0.05, 0.1) is 5.52 Å². The second-order valence-corrected chi connectivity index (χ2v) is 8.04. The molecule has 2 heterocycles. The zero-order valence-corrected chi connectivity index (χ0v) is 17.2. The first-order chi connectivity index (χ1) is 14.4. The number of hydrogen-bond donors (Lipinski definition) is 1. The van der Waals surface area contributed by atoms with Gasteiger partial charge in [0.1, 0.15) is 6.54 Å². The zero-order valence-electron chi connectivity index (χ0n) is 17.2. The number of hydrogen-bond acceptors (Lipinski definition) is 4. The highest BCUT2D eigenvalue weighted by atomic mass is 16.4. The van der Waals surface area contributed by atoms with Crippen LogP contribution in [0.1, 0.15) is 32.3 Å². The third-order valence-corrected chi connectivity index (χ3v) is 5.37. The van der Waals surface area contributed by atoms with E-state index in [1.54, 1.807) is 30.3 Å². The van der Waals surface area contributed by atoms with E-state index in [0.717, 1.165) is 17.7 Å². The van der Waals surface area contributed by atoms with Crippen molar-refractivity contribution in [1.82, 2.24) is 4.57 Å². The van der Waals surface area contributed by atoms with Crippen LogP contribution >= 0.6 is 0 Å². The largest absolute Gasteiger partial charge is 0.420 e. The molecular formula is C23H25N3O4. The van der Waals surface area contributed by atoms with E-state index in [1.165, 1.54) is 4.57 Å². The minimum absolute atomic E-state index is 0.133. The van der Waals surface area contributed by atoms with Crippen molar-refractivity contribution in [2.45, 2.75) is 39.7 Å². The predicted octanol–water partition coefficient (Wildman–Crippen LogP) is 3.56. The van der Waals surface area contributed by atoms with Gasteiger partial charge in [-0.05, 0) is 54.7 Å². The van der Waals surface area contributed by atoms with Crippen molar-refractivity contribution in [3.63, 3.8) is 0 Å². The van der Waals surface area contributed by atoms with Crippen molar-refractivity contribution in [2.75, 3.05) is 16.8 Å². The lowest BCUT2D eigenvalue weighted by Gasteiger charge is -2.30. The molecule has 4 rings (SSSR count). The van der Waals surface area contributed by atoms with Crippen molar-refractivity contribution >= 4 is 34.3 Å². The molecule has 1 aliphatic heterocycles. The molecule has 0 bridgehead atoms. The highest BCUT2D eigenvalue weighted by molar-refractivity contribution is 5.97. The topological polar surface area (TPSA) is 84.5 Å². The lowest BCUT2D eigenvalue weighted by atomic mass is 9.99. The van der Waals surface area contributed by atoms with E-state index in [4.69, 9.17) is 4.42 Å². The number of rotatable bonds is 6. The maximum absolute atomic E-state index is 12.6. The molecule has 3 aromatic rings. The van der Waals surface area contributed by atoms with Crippen molar-refractivity contribution in [3.05, 3.63) is 58.6 Å². The van der Waals surface area contributed by atoms with Crippen LogP contribution in [-0.2, 0) is 22.6 Å². The summed E-state index contributed by atoms with van der Waals surface area (Å²) in [6, 6.07) is 12.6. The molecule has 30 heavy (non-hydrogen) atoms. The fraction of sp³-hybridized carbons (Fsp3) is 0.348. The first kappa shape index (κ1) is 19.9. The Hall–Kier alpha value is -3.35. The Labute approximate surface area is 174 Å². The van der Waals surface area contributed by atoms with Gasteiger partial charge < -0.3 is 14.6 Å². The summed E-state index contributed by atoms with van der Waals surface area (Å²) in [6.45, 7) is 4.85. The predicted molar refractivity (Wildman–Crippen MR) is 116 cm³/mol. The van der Waals surface area contributed by atoms with Crippen LogP contribution in [0.15, 0.2) is 51.7 Å². The monoisotopic (exact) mass is 407 g/mol. The number of para-hydroxylation sites is 2. The Morgan fingerprint density at radius 1 is 1.13 bits per heavy atom. The quantitative estimate of drug-likeness (QED) is 0.677. The second kappa shape index (κ2) is 8.18. The smallest absolute Gasteiger partial charge is 0.408 e. The van der Waals surface area contributed by atoms with E-state index in [0.29, 0.717) is 42.1 Å². The number of carbonyl (C=O) groups excluding carboxylic acids is 2. The summed E-state index contributed by atoms with van der Waals surface area (Å²) in [6.07, 6.45) is 2.07. The maximum Gasteiger partial charge on any atom is 0.420 e. The van der Waals surface area contributed by atoms with Crippen molar-refractivity contribution in [3.8, 4) is 0 Å². The van der Waals surface area contributed by atoms with Gasteiger partial charge >= 0.3 is 5.76 Å². The van der Waals surface area contributed by atoms with Crippen LogP contribution in [0.4, 0.5) is 11.4 Å². The minimum Gasteiger partial charge on any atom is -0.408 e. The summed E-state index contributed by atoms with van der Waals surface area (Å²) in [5.41, 5.74) is 3.65. The number of nitrogens with one attached hydrogen (secondary N) is 1. The number of carbonyl (C=O) groups is 2. The molecule has 1 N–H and O–H groups in total.